The van der Waals surface area contributed by atoms with Gasteiger partial charge in [-0.2, -0.15) is 0 Å². The Hall–Kier alpha value is -1.70. The van der Waals surface area contributed by atoms with Gasteiger partial charge in [-0.1, -0.05) is 12.2 Å². The lowest BCUT2D eigenvalue weighted by atomic mass is 10.2. The van der Waals surface area contributed by atoms with Crippen LogP contribution in [0.2, 0.25) is 0 Å². The van der Waals surface area contributed by atoms with Gasteiger partial charge in [0.25, 0.3) is 0 Å². The molecule has 0 bridgehead atoms. The minimum absolute atomic E-state index is 0.0749. The van der Waals surface area contributed by atoms with E-state index in [1.807, 2.05) is 32.1 Å². The second-order valence-electron chi connectivity index (χ2n) is 3.56. The first-order valence-electron chi connectivity index (χ1n) is 4.84. The van der Waals surface area contributed by atoms with Crippen molar-refractivity contribution < 1.29 is 9.84 Å². The summed E-state index contributed by atoms with van der Waals surface area (Å²) in [5.74, 6) is 0.864. The van der Waals surface area contributed by atoms with Crippen molar-refractivity contribution in [1.29, 1.82) is 0 Å². The van der Waals surface area contributed by atoms with Gasteiger partial charge in [0, 0.05) is 5.56 Å². The molecule has 0 heterocycles. The molecule has 1 aromatic rings. The average Bonchev–Trinajstić information content (AvgIpc) is 2.18. The Bertz CT molecular complexity index is 357. The van der Waals surface area contributed by atoms with Crippen LogP contribution in [0.25, 0.3) is 5.76 Å². The summed E-state index contributed by atoms with van der Waals surface area (Å²) in [6.07, 6.45) is 2.01. The van der Waals surface area contributed by atoms with Crippen molar-refractivity contribution in [3.05, 3.63) is 48.1 Å². The van der Waals surface area contributed by atoms with E-state index < -0.39 is 0 Å². The van der Waals surface area contributed by atoms with Gasteiger partial charge in [-0.25, -0.2) is 0 Å². The van der Waals surface area contributed by atoms with Crippen LogP contribution in [0.4, 0.5) is 0 Å². The van der Waals surface area contributed by atoms with Crippen LogP contribution in [0.15, 0.2) is 42.5 Å². The fourth-order valence-corrected chi connectivity index (χ4v) is 1.05. The van der Waals surface area contributed by atoms with E-state index >= 15 is 0 Å². The Labute approximate surface area is 90.5 Å². The van der Waals surface area contributed by atoms with E-state index in [2.05, 4.69) is 6.58 Å². The Morgan fingerprint density at radius 1 is 1.33 bits per heavy atom. The van der Waals surface area contributed by atoms with E-state index in [1.54, 1.807) is 12.1 Å². The largest absolute Gasteiger partial charge is 0.508 e. The van der Waals surface area contributed by atoms with Crippen LogP contribution in [0.1, 0.15) is 19.4 Å². The van der Waals surface area contributed by atoms with Crippen LogP contribution >= 0.6 is 0 Å². The smallest absolute Gasteiger partial charge is 0.119 e. The molecular weight excluding hydrogens is 188 g/mol. The molecule has 0 fully saturated rings. The van der Waals surface area contributed by atoms with E-state index in [9.17, 15) is 0 Å². The summed E-state index contributed by atoms with van der Waals surface area (Å²) in [5, 5.41) is 9.12. The average molecular weight is 204 g/mol. The Kier molecular flexibility index (Phi) is 3.98. The SMILES string of the molecule is C=C(O)c1ccc(OCC=C(C)C)cc1. The van der Waals surface area contributed by atoms with Gasteiger partial charge in [0.1, 0.15) is 18.1 Å². The molecule has 0 aliphatic carbocycles. The lowest BCUT2D eigenvalue weighted by molar-refractivity contribution is 0.362. The summed E-state index contributed by atoms with van der Waals surface area (Å²) in [7, 11) is 0. The molecule has 0 aliphatic heterocycles. The van der Waals surface area contributed by atoms with E-state index in [1.165, 1.54) is 5.57 Å². The zero-order valence-electron chi connectivity index (χ0n) is 9.16. The zero-order chi connectivity index (χ0) is 11.3. The molecule has 0 aliphatic rings. The molecule has 1 rings (SSSR count). The first-order valence-corrected chi connectivity index (χ1v) is 4.84. The maximum absolute atomic E-state index is 9.12. The van der Waals surface area contributed by atoms with Crippen molar-refractivity contribution in [2.24, 2.45) is 0 Å². The summed E-state index contributed by atoms with van der Waals surface area (Å²) in [6.45, 7) is 8.08. The monoisotopic (exact) mass is 204 g/mol. The molecule has 0 atom stereocenters. The van der Waals surface area contributed by atoms with Crippen molar-refractivity contribution >= 4 is 5.76 Å². The summed E-state index contributed by atoms with van der Waals surface area (Å²) < 4.78 is 5.46. The van der Waals surface area contributed by atoms with Crippen molar-refractivity contribution in [2.75, 3.05) is 6.61 Å². The Morgan fingerprint density at radius 2 is 1.93 bits per heavy atom. The third-order valence-corrected chi connectivity index (χ3v) is 1.93. The highest BCUT2D eigenvalue weighted by molar-refractivity contribution is 5.56. The van der Waals surface area contributed by atoms with Crippen molar-refractivity contribution in [3.8, 4) is 5.75 Å². The first kappa shape index (κ1) is 11.4. The first-order chi connectivity index (χ1) is 7.09. The second-order valence-corrected chi connectivity index (χ2v) is 3.56. The highest BCUT2D eigenvalue weighted by Gasteiger charge is 1.96. The molecule has 2 heteroatoms. The third-order valence-electron chi connectivity index (χ3n) is 1.93. The maximum Gasteiger partial charge on any atom is 0.119 e. The standard InChI is InChI=1S/C13H16O2/c1-10(2)8-9-15-13-6-4-12(5-7-13)11(3)14/h4-8,14H,3,9H2,1-2H3. The second kappa shape index (κ2) is 5.25. The van der Waals surface area contributed by atoms with Gasteiger partial charge in [-0.3, -0.25) is 0 Å². The van der Waals surface area contributed by atoms with Gasteiger partial charge in [-0.05, 0) is 44.2 Å². The molecule has 0 unspecified atom stereocenters. The molecule has 0 spiro atoms. The minimum atomic E-state index is 0.0749. The summed E-state index contributed by atoms with van der Waals surface area (Å²) >= 11 is 0. The van der Waals surface area contributed by atoms with Gasteiger partial charge in [0.2, 0.25) is 0 Å². The van der Waals surface area contributed by atoms with Crippen molar-refractivity contribution in [3.63, 3.8) is 0 Å². The highest BCUT2D eigenvalue weighted by Crippen LogP contribution is 2.15. The molecule has 0 radical (unpaired) electrons. The minimum Gasteiger partial charge on any atom is -0.508 e. The Morgan fingerprint density at radius 3 is 2.40 bits per heavy atom. The number of aliphatic hydroxyl groups is 1. The van der Waals surface area contributed by atoms with E-state index in [-0.39, 0.29) is 5.76 Å². The molecule has 1 aromatic carbocycles. The van der Waals surface area contributed by atoms with Gasteiger partial charge in [0.15, 0.2) is 0 Å². The zero-order valence-corrected chi connectivity index (χ0v) is 9.16. The predicted molar refractivity (Wildman–Crippen MR) is 63.0 cm³/mol. The number of ether oxygens (including phenoxy) is 1. The van der Waals surface area contributed by atoms with Crippen LogP contribution in [-0.4, -0.2) is 11.7 Å². The lowest BCUT2D eigenvalue weighted by Gasteiger charge is -2.04. The van der Waals surface area contributed by atoms with Crippen LogP contribution in [-0.2, 0) is 0 Å². The van der Waals surface area contributed by atoms with Gasteiger partial charge >= 0.3 is 0 Å². The normalized spacial score (nSPS) is 9.47. The summed E-state index contributed by atoms with van der Waals surface area (Å²) in [4.78, 5) is 0. The number of hydrogen-bond acceptors (Lipinski definition) is 2. The van der Waals surface area contributed by atoms with Crippen molar-refractivity contribution in [2.45, 2.75) is 13.8 Å². The lowest BCUT2D eigenvalue weighted by Crippen LogP contribution is -1.94. The Balaban J connectivity index is 2.57. The van der Waals surface area contributed by atoms with Crippen LogP contribution in [0.3, 0.4) is 0 Å². The number of allylic oxidation sites excluding steroid dienone is 1. The van der Waals surface area contributed by atoms with Gasteiger partial charge < -0.3 is 9.84 Å². The molecule has 15 heavy (non-hydrogen) atoms. The maximum atomic E-state index is 9.12. The number of hydrogen-bond donors (Lipinski definition) is 1. The highest BCUT2D eigenvalue weighted by atomic mass is 16.5. The molecule has 0 saturated heterocycles. The molecule has 1 N–H and O–H groups in total. The third kappa shape index (κ3) is 3.90. The van der Waals surface area contributed by atoms with Crippen LogP contribution in [0, 0.1) is 0 Å². The van der Waals surface area contributed by atoms with E-state index in [0.29, 0.717) is 12.2 Å². The molecular formula is C13H16O2. The molecule has 2 nitrogen and oxygen atoms in total. The molecule has 0 amide bonds. The number of aliphatic hydroxyl groups excluding tert-OH is 1. The van der Waals surface area contributed by atoms with Gasteiger partial charge in [-0.15, -0.1) is 0 Å². The fourth-order valence-electron chi connectivity index (χ4n) is 1.05. The number of rotatable bonds is 4. The van der Waals surface area contributed by atoms with Gasteiger partial charge in [0.05, 0.1) is 0 Å². The molecule has 0 saturated carbocycles. The van der Waals surface area contributed by atoms with E-state index in [0.717, 1.165) is 5.75 Å². The van der Waals surface area contributed by atoms with E-state index in [4.69, 9.17) is 9.84 Å². The number of benzene rings is 1. The van der Waals surface area contributed by atoms with Crippen molar-refractivity contribution in [1.82, 2.24) is 0 Å². The quantitative estimate of drug-likeness (QED) is 0.600. The molecule has 80 valence electrons. The summed E-state index contributed by atoms with van der Waals surface area (Å²) in [5.41, 5.74) is 1.94. The topological polar surface area (TPSA) is 29.5 Å². The molecule has 0 aromatic heterocycles. The fraction of sp³-hybridized carbons (Fsp3) is 0.231. The predicted octanol–water partition coefficient (Wildman–Crippen LogP) is 3.56. The van der Waals surface area contributed by atoms with Crippen LogP contribution in [0.5, 0.6) is 5.75 Å². The van der Waals surface area contributed by atoms with Crippen LogP contribution < -0.4 is 4.74 Å². The summed E-state index contributed by atoms with van der Waals surface area (Å²) in [6, 6.07) is 7.19.